The Hall–Kier alpha value is -2.82. The van der Waals surface area contributed by atoms with E-state index in [1.165, 1.54) is 0 Å². The van der Waals surface area contributed by atoms with Crippen molar-refractivity contribution in [1.29, 1.82) is 0 Å². The molecule has 2 aromatic rings. The minimum absolute atomic E-state index is 0.00359. The van der Waals surface area contributed by atoms with Crippen LogP contribution in [-0.2, 0) is 16.0 Å². The zero-order chi connectivity index (χ0) is 18.0. The van der Waals surface area contributed by atoms with Crippen molar-refractivity contribution >= 4 is 17.5 Å². The number of methoxy groups -OCH3 is 1. The summed E-state index contributed by atoms with van der Waals surface area (Å²) in [4.78, 5) is 26.6. The standard InChI is InChI=1S/C20H22N2O3/c1-13-10-17(20(21)24)16-8-3-4-9-18(16)22(13)19(23)12-14-6-5-7-15(11-14)25-2/h3-9,11,13,17H,10,12H2,1-2H3,(H2,21,24)/t13-,17-/m1/s1. The van der Waals surface area contributed by atoms with Gasteiger partial charge in [0.15, 0.2) is 0 Å². The van der Waals surface area contributed by atoms with E-state index in [1.54, 1.807) is 12.0 Å². The molecule has 130 valence electrons. The number of ether oxygens (including phenoxy) is 1. The van der Waals surface area contributed by atoms with Crippen LogP contribution in [0.5, 0.6) is 5.75 Å². The van der Waals surface area contributed by atoms with Gasteiger partial charge in [-0.05, 0) is 42.7 Å². The Morgan fingerprint density at radius 1 is 1.20 bits per heavy atom. The van der Waals surface area contributed by atoms with Gasteiger partial charge in [0.1, 0.15) is 5.75 Å². The molecule has 0 bridgehead atoms. The van der Waals surface area contributed by atoms with Gasteiger partial charge in [-0.25, -0.2) is 0 Å². The molecule has 0 fully saturated rings. The van der Waals surface area contributed by atoms with Gasteiger partial charge in [-0.3, -0.25) is 9.59 Å². The highest BCUT2D eigenvalue weighted by molar-refractivity contribution is 5.98. The molecule has 1 aliphatic rings. The van der Waals surface area contributed by atoms with Crippen molar-refractivity contribution in [2.75, 3.05) is 12.0 Å². The number of carbonyl (C=O) groups excluding carboxylic acids is 2. The van der Waals surface area contributed by atoms with Crippen LogP contribution in [0.15, 0.2) is 48.5 Å². The molecule has 5 nitrogen and oxygen atoms in total. The molecule has 2 amide bonds. The van der Waals surface area contributed by atoms with E-state index >= 15 is 0 Å². The second kappa shape index (κ2) is 6.97. The number of nitrogens with zero attached hydrogens (tertiary/aromatic N) is 1. The van der Waals surface area contributed by atoms with Crippen LogP contribution in [0.3, 0.4) is 0 Å². The number of amides is 2. The Morgan fingerprint density at radius 2 is 1.96 bits per heavy atom. The van der Waals surface area contributed by atoms with Crippen LogP contribution in [0.4, 0.5) is 5.69 Å². The molecule has 1 heterocycles. The number of primary amides is 1. The summed E-state index contributed by atoms with van der Waals surface area (Å²) in [5.74, 6) is 0.0218. The number of fused-ring (bicyclic) bond motifs is 1. The van der Waals surface area contributed by atoms with E-state index < -0.39 is 0 Å². The van der Waals surface area contributed by atoms with Gasteiger partial charge in [-0.2, -0.15) is 0 Å². The number of carbonyl (C=O) groups is 2. The number of rotatable bonds is 4. The monoisotopic (exact) mass is 338 g/mol. The summed E-state index contributed by atoms with van der Waals surface area (Å²) in [6, 6.07) is 14.9. The first-order valence-electron chi connectivity index (χ1n) is 8.34. The van der Waals surface area contributed by atoms with Crippen molar-refractivity contribution in [3.63, 3.8) is 0 Å². The molecule has 5 heteroatoms. The van der Waals surface area contributed by atoms with Gasteiger partial charge in [0, 0.05) is 11.7 Å². The summed E-state index contributed by atoms with van der Waals surface area (Å²) in [6.07, 6.45) is 0.813. The van der Waals surface area contributed by atoms with Gasteiger partial charge < -0.3 is 15.4 Å². The molecule has 0 aliphatic carbocycles. The predicted octanol–water partition coefficient (Wildman–Crippen LogP) is 2.63. The normalized spacial score (nSPS) is 19.2. The molecule has 1 aliphatic heterocycles. The van der Waals surface area contributed by atoms with Crippen LogP contribution in [-0.4, -0.2) is 25.0 Å². The molecule has 2 N–H and O–H groups in total. The number of hydrogen-bond acceptors (Lipinski definition) is 3. The summed E-state index contributed by atoms with van der Waals surface area (Å²) in [7, 11) is 1.61. The first-order chi connectivity index (χ1) is 12.0. The lowest BCUT2D eigenvalue weighted by molar-refractivity contribution is -0.121. The number of anilines is 1. The fourth-order valence-corrected chi connectivity index (χ4v) is 3.50. The highest BCUT2D eigenvalue weighted by Crippen LogP contribution is 2.38. The highest BCUT2D eigenvalue weighted by Gasteiger charge is 2.35. The second-order valence-electron chi connectivity index (χ2n) is 6.39. The largest absolute Gasteiger partial charge is 0.497 e. The van der Waals surface area contributed by atoms with Gasteiger partial charge in [0.2, 0.25) is 11.8 Å². The van der Waals surface area contributed by atoms with Crippen LogP contribution < -0.4 is 15.4 Å². The smallest absolute Gasteiger partial charge is 0.231 e. The van der Waals surface area contributed by atoms with Gasteiger partial charge in [-0.1, -0.05) is 30.3 Å². The SMILES string of the molecule is COc1cccc(CC(=O)N2c3ccccc3[C@H](C(N)=O)C[C@H]2C)c1. The summed E-state index contributed by atoms with van der Waals surface area (Å²) >= 11 is 0. The van der Waals surface area contributed by atoms with Gasteiger partial charge in [0.25, 0.3) is 0 Å². The van der Waals surface area contributed by atoms with Crippen LogP contribution in [0.2, 0.25) is 0 Å². The molecule has 25 heavy (non-hydrogen) atoms. The topological polar surface area (TPSA) is 72.6 Å². The maximum absolute atomic E-state index is 13.0. The van der Waals surface area contributed by atoms with Crippen molar-refractivity contribution in [3.8, 4) is 5.75 Å². The Kier molecular flexibility index (Phi) is 4.74. The maximum atomic E-state index is 13.0. The van der Waals surface area contributed by atoms with E-state index in [0.717, 1.165) is 22.6 Å². The third-order valence-corrected chi connectivity index (χ3v) is 4.69. The van der Waals surface area contributed by atoms with Gasteiger partial charge >= 0.3 is 0 Å². The zero-order valence-corrected chi connectivity index (χ0v) is 14.4. The molecule has 0 saturated carbocycles. The Balaban J connectivity index is 1.91. The first kappa shape index (κ1) is 17.0. The average Bonchev–Trinajstić information content (AvgIpc) is 2.60. The van der Waals surface area contributed by atoms with E-state index in [4.69, 9.17) is 10.5 Å². The summed E-state index contributed by atoms with van der Waals surface area (Å²) in [6.45, 7) is 1.95. The summed E-state index contributed by atoms with van der Waals surface area (Å²) in [5, 5.41) is 0. The molecular weight excluding hydrogens is 316 g/mol. The lowest BCUT2D eigenvalue weighted by Gasteiger charge is -2.38. The van der Waals surface area contributed by atoms with Gasteiger partial charge in [0.05, 0.1) is 19.4 Å². The number of para-hydroxylation sites is 1. The predicted molar refractivity (Wildman–Crippen MR) is 96.6 cm³/mol. The van der Waals surface area contributed by atoms with Crippen LogP contribution in [0.1, 0.15) is 30.4 Å². The van der Waals surface area contributed by atoms with Crippen LogP contribution in [0.25, 0.3) is 0 Å². The second-order valence-corrected chi connectivity index (χ2v) is 6.39. The van der Waals surface area contributed by atoms with Gasteiger partial charge in [-0.15, -0.1) is 0 Å². The van der Waals surface area contributed by atoms with Crippen LogP contribution in [0, 0.1) is 0 Å². The molecule has 2 aromatic carbocycles. The molecule has 0 radical (unpaired) electrons. The quantitative estimate of drug-likeness (QED) is 0.931. The summed E-state index contributed by atoms with van der Waals surface area (Å²) < 4.78 is 5.22. The summed E-state index contributed by atoms with van der Waals surface area (Å²) in [5.41, 5.74) is 8.06. The third-order valence-electron chi connectivity index (χ3n) is 4.69. The molecule has 2 atom stereocenters. The highest BCUT2D eigenvalue weighted by atomic mass is 16.5. The average molecular weight is 338 g/mol. The van der Waals surface area contributed by atoms with E-state index in [-0.39, 0.29) is 30.2 Å². The van der Waals surface area contributed by atoms with Crippen molar-refractivity contribution in [2.45, 2.75) is 31.7 Å². The Labute approximate surface area is 147 Å². The van der Waals surface area contributed by atoms with E-state index in [0.29, 0.717) is 6.42 Å². The molecule has 0 unspecified atom stereocenters. The van der Waals surface area contributed by atoms with Crippen molar-refractivity contribution in [3.05, 3.63) is 59.7 Å². The third kappa shape index (κ3) is 3.36. The van der Waals surface area contributed by atoms with Crippen molar-refractivity contribution in [1.82, 2.24) is 0 Å². The minimum Gasteiger partial charge on any atom is -0.497 e. The lowest BCUT2D eigenvalue weighted by Crippen LogP contribution is -2.45. The molecular formula is C20H22N2O3. The molecule has 0 saturated heterocycles. The maximum Gasteiger partial charge on any atom is 0.231 e. The first-order valence-corrected chi connectivity index (χ1v) is 8.34. The fraction of sp³-hybridized carbons (Fsp3) is 0.300. The molecule has 0 aromatic heterocycles. The van der Waals surface area contributed by atoms with Crippen molar-refractivity contribution < 1.29 is 14.3 Å². The minimum atomic E-state index is -0.355. The van der Waals surface area contributed by atoms with E-state index in [9.17, 15) is 9.59 Å². The Bertz CT molecular complexity index is 803. The van der Waals surface area contributed by atoms with E-state index in [2.05, 4.69) is 0 Å². The Morgan fingerprint density at radius 3 is 2.68 bits per heavy atom. The number of nitrogens with two attached hydrogens (primary N) is 1. The van der Waals surface area contributed by atoms with E-state index in [1.807, 2.05) is 55.5 Å². The lowest BCUT2D eigenvalue weighted by atomic mass is 9.85. The zero-order valence-electron chi connectivity index (χ0n) is 14.4. The fourth-order valence-electron chi connectivity index (χ4n) is 3.50. The van der Waals surface area contributed by atoms with Crippen LogP contribution >= 0.6 is 0 Å². The number of hydrogen-bond donors (Lipinski definition) is 1. The molecule has 0 spiro atoms. The molecule has 3 rings (SSSR count). The number of benzene rings is 2. The van der Waals surface area contributed by atoms with Crippen molar-refractivity contribution in [2.24, 2.45) is 5.73 Å².